The number of nitrogens with zero attached hydrogens (tertiary/aromatic N) is 3. The molecule has 0 atom stereocenters. The molecular formula is C20H17F3N4O3S. The first kappa shape index (κ1) is 20.9. The molecule has 0 saturated heterocycles. The molecule has 4 rings (SSSR count). The van der Waals surface area contributed by atoms with E-state index in [2.05, 4.69) is 10.3 Å². The molecule has 31 heavy (non-hydrogen) atoms. The topological polar surface area (TPSA) is 82.1 Å². The highest BCUT2D eigenvalue weighted by Crippen LogP contribution is 2.32. The minimum atomic E-state index is -4.51. The van der Waals surface area contributed by atoms with Crippen molar-refractivity contribution < 1.29 is 22.4 Å². The number of rotatable bonds is 6. The average Bonchev–Trinajstić information content (AvgIpc) is 3.41. The Balaban J connectivity index is 1.63. The van der Waals surface area contributed by atoms with Crippen LogP contribution >= 0.6 is 11.3 Å². The van der Waals surface area contributed by atoms with Crippen LogP contribution in [0.3, 0.4) is 0 Å². The van der Waals surface area contributed by atoms with E-state index < -0.39 is 17.6 Å². The molecule has 0 aliphatic heterocycles. The van der Waals surface area contributed by atoms with Gasteiger partial charge in [0.15, 0.2) is 0 Å². The summed E-state index contributed by atoms with van der Waals surface area (Å²) < 4.78 is 47.7. The van der Waals surface area contributed by atoms with Gasteiger partial charge in [0.2, 0.25) is 11.9 Å². The van der Waals surface area contributed by atoms with E-state index in [-0.39, 0.29) is 35.8 Å². The summed E-state index contributed by atoms with van der Waals surface area (Å²) in [7, 11) is 0. The molecule has 1 aromatic carbocycles. The van der Waals surface area contributed by atoms with E-state index >= 15 is 0 Å². The van der Waals surface area contributed by atoms with Crippen LogP contribution in [-0.4, -0.2) is 20.0 Å². The fourth-order valence-electron chi connectivity index (χ4n) is 3.20. The number of halogens is 3. The maximum Gasteiger partial charge on any atom is 0.416 e. The van der Waals surface area contributed by atoms with E-state index in [0.29, 0.717) is 11.3 Å². The third kappa shape index (κ3) is 4.41. The van der Waals surface area contributed by atoms with E-state index in [1.165, 1.54) is 16.9 Å². The SMILES string of the molecule is Cc1csc(=O)n1CCC(=O)Nc1nc2cc(C(F)(F)F)ccc2n1Cc1ccco1. The molecule has 4 aromatic rings. The number of anilines is 1. The number of hydrogen-bond acceptors (Lipinski definition) is 5. The van der Waals surface area contributed by atoms with Gasteiger partial charge in [0.1, 0.15) is 5.76 Å². The van der Waals surface area contributed by atoms with Gasteiger partial charge in [0, 0.05) is 24.0 Å². The van der Waals surface area contributed by atoms with Gasteiger partial charge in [-0.1, -0.05) is 11.3 Å². The van der Waals surface area contributed by atoms with Gasteiger partial charge in [0.25, 0.3) is 0 Å². The summed E-state index contributed by atoms with van der Waals surface area (Å²) in [5.74, 6) is 0.241. The zero-order valence-corrected chi connectivity index (χ0v) is 17.1. The number of nitrogens with one attached hydrogen (secondary N) is 1. The number of aromatic nitrogens is 3. The first-order valence-electron chi connectivity index (χ1n) is 9.27. The molecule has 0 saturated carbocycles. The molecule has 0 bridgehead atoms. The van der Waals surface area contributed by atoms with E-state index in [9.17, 15) is 22.8 Å². The Morgan fingerprint density at radius 1 is 1.26 bits per heavy atom. The zero-order valence-electron chi connectivity index (χ0n) is 16.3. The van der Waals surface area contributed by atoms with Crippen molar-refractivity contribution in [3.05, 3.63) is 68.7 Å². The summed E-state index contributed by atoms with van der Waals surface area (Å²) >= 11 is 1.05. The van der Waals surface area contributed by atoms with E-state index in [1.807, 2.05) is 0 Å². The lowest BCUT2D eigenvalue weighted by Crippen LogP contribution is -2.21. The number of imidazole rings is 1. The van der Waals surface area contributed by atoms with E-state index in [0.717, 1.165) is 29.2 Å². The number of furan rings is 1. The fraction of sp³-hybridized carbons (Fsp3) is 0.250. The number of benzene rings is 1. The number of amides is 1. The van der Waals surface area contributed by atoms with Crippen LogP contribution in [0.1, 0.15) is 23.4 Å². The molecule has 0 unspecified atom stereocenters. The van der Waals surface area contributed by atoms with Crippen LogP contribution in [0.15, 0.2) is 51.2 Å². The Kier molecular flexibility index (Phi) is 5.44. The molecule has 3 aromatic heterocycles. The van der Waals surface area contributed by atoms with Crippen molar-refractivity contribution in [3.63, 3.8) is 0 Å². The number of thiazole rings is 1. The van der Waals surface area contributed by atoms with Gasteiger partial charge in [-0.2, -0.15) is 13.2 Å². The minimum Gasteiger partial charge on any atom is -0.467 e. The van der Waals surface area contributed by atoms with Gasteiger partial charge in [-0.15, -0.1) is 0 Å². The smallest absolute Gasteiger partial charge is 0.416 e. The van der Waals surface area contributed by atoms with Crippen molar-refractivity contribution in [1.82, 2.24) is 14.1 Å². The molecule has 3 heterocycles. The predicted molar refractivity (Wildman–Crippen MR) is 109 cm³/mol. The van der Waals surface area contributed by atoms with Crippen molar-refractivity contribution >= 4 is 34.2 Å². The molecule has 0 radical (unpaired) electrons. The summed E-state index contributed by atoms with van der Waals surface area (Å²) in [6.07, 6.45) is -3.02. The van der Waals surface area contributed by atoms with Gasteiger partial charge in [-0.25, -0.2) is 4.98 Å². The highest BCUT2D eigenvalue weighted by molar-refractivity contribution is 7.07. The number of carbonyl (C=O) groups is 1. The molecule has 0 aliphatic carbocycles. The highest BCUT2D eigenvalue weighted by Gasteiger charge is 2.31. The predicted octanol–water partition coefficient (Wildman–Crippen LogP) is 4.26. The highest BCUT2D eigenvalue weighted by atomic mass is 32.1. The standard InChI is InChI=1S/C20H17F3N4O3S/c1-12-11-31-19(29)26(12)7-6-17(28)25-18-24-15-9-13(20(21,22)23)4-5-16(15)27(18)10-14-3-2-8-30-14/h2-5,8-9,11H,6-7,10H2,1H3,(H,24,25,28). The molecular weight excluding hydrogens is 433 g/mol. The Morgan fingerprint density at radius 2 is 2.06 bits per heavy atom. The van der Waals surface area contributed by atoms with Crippen molar-refractivity contribution in [2.75, 3.05) is 5.32 Å². The molecule has 162 valence electrons. The van der Waals surface area contributed by atoms with Gasteiger partial charge >= 0.3 is 11.0 Å². The van der Waals surface area contributed by atoms with Crippen LogP contribution in [0, 0.1) is 6.92 Å². The number of aryl methyl sites for hydroxylation is 1. The second-order valence-corrected chi connectivity index (χ2v) is 7.72. The second kappa shape index (κ2) is 8.06. The number of alkyl halides is 3. The summed E-state index contributed by atoms with van der Waals surface area (Å²) in [4.78, 5) is 28.4. The monoisotopic (exact) mass is 450 g/mol. The summed E-state index contributed by atoms with van der Waals surface area (Å²) in [5, 5.41) is 4.36. The Morgan fingerprint density at radius 3 is 2.71 bits per heavy atom. The molecule has 1 N–H and O–H groups in total. The lowest BCUT2D eigenvalue weighted by Gasteiger charge is -2.10. The van der Waals surface area contributed by atoms with Crippen LogP contribution in [-0.2, 0) is 24.1 Å². The quantitative estimate of drug-likeness (QED) is 0.476. The van der Waals surface area contributed by atoms with Crippen LogP contribution in [0.4, 0.5) is 19.1 Å². The Hall–Kier alpha value is -3.34. The van der Waals surface area contributed by atoms with Gasteiger partial charge < -0.3 is 13.6 Å². The Labute approximate surface area is 177 Å². The van der Waals surface area contributed by atoms with Crippen LogP contribution in [0.5, 0.6) is 0 Å². The van der Waals surface area contributed by atoms with Crippen molar-refractivity contribution in [3.8, 4) is 0 Å². The van der Waals surface area contributed by atoms with E-state index in [4.69, 9.17) is 4.42 Å². The normalized spacial score (nSPS) is 11.9. The number of carbonyl (C=O) groups excluding carboxylic acids is 1. The first-order valence-corrected chi connectivity index (χ1v) is 10.1. The van der Waals surface area contributed by atoms with Gasteiger partial charge in [-0.3, -0.25) is 14.9 Å². The van der Waals surface area contributed by atoms with Gasteiger partial charge in [-0.05, 0) is 37.3 Å². The van der Waals surface area contributed by atoms with E-state index in [1.54, 1.807) is 29.0 Å². The summed E-state index contributed by atoms with van der Waals surface area (Å²) in [6, 6.07) is 6.64. The number of fused-ring (bicyclic) bond motifs is 1. The molecule has 0 fully saturated rings. The van der Waals surface area contributed by atoms with Crippen molar-refractivity contribution in [1.29, 1.82) is 0 Å². The van der Waals surface area contributed by atoms with Crippen molar-refractivity contribution in [2.24, 2.45) is 0 Å². The summed E-state index contributed by atoms with van der Waals surface area (Å²) in [5.41, 5.74) is 0.451. The molecule has 11 heteroatoms. The Bertz CT molecular complexity index is 1290. The van der Waals surface area contributed by atoms with Gasteiger partial charge in [0.05, 0.1) is 29.4 Å². The molecule has 0 spiro atoms. The molecule has 1 amide bonds. The average molecular weight is 450 g/mol. The molecule has 0 aliphatic rings. The third-order valence-corrected chi connectivity index (χ3v) is 5.64. The number of hydrogen-bond donors (Lipinski definition) is 1. The van der Waals surface area contributed by atoms with Crippen LogP contribution in [0.25, 0.3) is 11.0 Å². The third-order valence-electron chi connectivity index (χ3n) is 4.76. The first-order chi connectivity index (χ1) is 14.7. The summed E-state index contributed by atoms with van der Waals surface area (Å²) in [6.45, 7) is 2.14. The van der Waals surface area contributed by atoms with Crippen LogP contribution < -0.4 is 10.2 Å². The second-order valence-electron chi connectivity index (χ2n) is 6.89. The maximum absolute atomic E-state index is 13.1. The largest absolute Gasteiger partial charge is 0.467 e. The molecule has 7 nitrogen and oxygen atoms in total. The lowest BCUT2D eigenvalue weighted by molar-refractivity contribution is -0.137. The maximum atomic E-state index is 13.1. The van der Waals surface area contributed by atoms with Crippen LogP contribution in [0.2, 0.25) is 0 Å². The minimum absolute atomic E-state index is 0.00917. The zero-order chi connectivity index (χ0) is 22.2. The van der Waals surface area contributed by atoms with Crippen molar-refractivity contribution in [2.45, 2.75) is 32.6 Å². The fourth-order valence-corrected chi connectivity index (χ4v) is 3.96. The lowest BCUT2D eigenvalue weighted by atomic mass is 10.2.